The van der Waals surface area contributed by atoms with Crippen molar-refractivity contribution in [2.75, 3.05) is 24.8 Å². The molecule has 6 heteroatoms. The van der Waals surface area contributed by atoms with Crippen LogP contribution in [0.4, 0.5) is 0 Å². The predicted octanol–water partition coefficient (Wildman–Crippen LogP) is 2.13. The van der Waals surface area contributed by atoms with E-state index < -0.39 is 10.0 Å². The Morgan fingerprint density at radius 3 is 2.44 bits per heavy atom. The van der Waals surface area contributed by atoms with Gasteiger partial charge in [-0.25, -0.2) is 13.1 Å². The Morgan fingerprint density at radius 1 is 1.33 bits per heavy atom. The Morgan fingerprint density at radius 2 is 1.94 bits per heavy atom. The van der Waals surface area contributed by atoms with Gasteiger partial charge in [0.2, 0.25) is 10.0 Å². The van der Waals surface area contributed by atoms with Crippen LogP contribution >= 0.6 is 11.6 Å². The Labute approximate surface area is 115 Å². The maximum Gasteiger partial charge on any atom is 0.213 e. The van der Waals surface area contributed by atoms with Crippen LogP contribution in [0.25, 0.3) is 0 Å². The number of alkyl halides is 1. The molecule has 1 aliphatic carbocycles. The van der Waals surface area contributed by atoms with Gasteiger partial charge < -0.3 is 4.74 Å². The molecule has 0 aromatic heterocycles. The molecule has 0 spiro atoms. The van der Waals surface area contributed by atoms with Gasteiger partial charge in [0.1, 0.15) is 0 Å². The standard InChI is InChI=1S/C12H24ClNO3S/c1-11(2)17-7-8-18(15,16)14-10-12(9-13)5-3-4-6-12/h11,14H,3-10H2,1-2H3. The molecular formula is C12H24ClNO3S. The first-order valence-electron chi connectivity index (χ1n) is 6.54. The summed E-state index contributed by atoms with van der Waals surface area (Å²) in [7, 11) is -3.25. The average molecular weight is 298 g/mol. The fourth-order valence-corrected chi connectivity index (χ4v) is 3.56. The minimum absolute atomic E-state index is 0.0174. The second kappa shape index (κ2) is 7.08. The molecule has 108 valence electrons. The number of rotatable bonds is 8. The zero-order valence-electron chi connectivity index (χ0n) is 11.2. The quantitative estimate of drug-likeness (QED) is 0.698. The van der Waals surface area contributed by atoms with E-state index in [0.717, 1.165) is 25.7 Å². The molecule has 18 heavy (non-hydrogen) atoms. The highest BCUT2D eigenvalue weighted by atomic mass is 35.5. The smallest absolute Gasteiger partial charge is 0.213 e. The molecule has 0 radical (unpaired) electrons. The molecular weight excluding hydrogens is 274 g/mol. The highest BCUT2D eigenvalue weighted by Crippen LogP contribution is 2.38. The minimum atomic E-state index is -3.25. The zero-order valence-corrected chi connectivity index (χ0v) is 12.8. The lowest BCUT2D eigenvalue weighted by Gasteiger charge is -2.26. The summed E-state index contributed by atoms with van der Waals surface area (Å²) in [6.07, 6.45) is 4.38. The number of sulfonamides is 1. The first kappa shape index (κ1) is 16.2. The topological polar surface area (TPSA) is 55.4 Å². The fourth-order valence-electron chi connectivity index (χ4n) is 2.21. The number of nitrogens with one attached hydrogen (secondary N) is 1. The molecule has 1 aliphatic rings. The van der Waals surface area contributed by atoms with Gasteiger partial charge in [-0.2, -0.15) is 0 Å². The summed E-state index contributed by atoms with van der Waals surface area (Å²) in [5.41, 5.74) is -0.0342. The lowest BCUT2D eigenvalue weighted by atomic mass is 9.89. The van der Waals surface area contributed by atoms with Gasteiger partial charge in [-0.3, -0.25) is 0 Å². The lowest BCUT2D eigenvalue weighted by molar-refractivity contribution is 0.0911. The average Bonchev–Trinajstić information content (AvgIpc) is 2.75. The maximum absolute atomic E-state index is 11.8. The first-order chi connectivity index (χ1) is 8.39. The highest BCUT2D eigenvalue weighted by molar-refractivity contribution is 7.89. The van der Waals surface area contributed by atoms with Gasteiger partial charge in [0, 0.05) is 12.4 Å². The van der Waals surface area contributed by atoms with E-state index in [1.165, 1.54) is 0 Å². The summed E-state index contributed by atoms with van der Waals surface area (Å²) in [6, 6.07) is 0. The third-order valence-electron chi connectivity index (χ3n) is 3.42. The van der Waals surface area contributed by atoms with E-state index in [2.05, 4.69) is 4.72 Å². The predicted molar refractivity (Wildman–Crippen MR) is 74.5 cm³/mol. The van der Waals surface area contributed by atoms with Gasteiger partial charge in [0.25, 0.3) is 0 Å². The summed E-state index contributed by atoms with van der Waals surface area (Å²) in [5.74, 6) is 0.543. The monoisotopic (exact) mass is 297 g/mol. The lowest BCUT2D eigenvalue weighted by Crippen LogP contribution is -2.39. The Bertz CT molecular complexity index is 337. The second-order valence-electron chi connectivity index (χ2n) is 5.40. The molecule has 1 N–H and O–H groups in total. The molecule has 0 aliphatic heterocycles. The molecule has 1 saturated carbocycles. The van der Waals surface area contributed by atoms with Gasteiger partial charge in [-0.15, -0.1) is 11.6 Å². The van der Waals surface area contributed by atoms with Crippen molar-refractivity contribution in [2.45, 2.75) is 45.6 Å². The fraction of sp³-hybridized carbons (Fsp3) is 1.00. The summed E-state index contributed by atoms with van der Waals surface area (Å²) in [4.78, 5) is 0. The SMILES string of the molecule is CC(C)OCCS(=O)(=O)NCC1(CCl)CCCC1. The first-order valence-corrected chi connectivity index (χ1v) is 8.73. The van der Waals surface area contributed by atoms with Crippen molar-refractivity contribution >= 4 is 21.6 Å². The normalized spacial score (nSPS) is 19.6. The van der Waals surface area contributed by atoms with Crippen molar-refractivity contribution < 1.29 is 13.2 Å². The molecule has 0 aromatic rings. The van der Waals surface area contributed by atoms with Crippen molar-refractivity contribution in [3.05, 3.63) is 0 Å². The number of ether oxygens (including phenoxy) is 1. The van der Waals surface area contributed by atoms with Crippen LogP contribution in [0.3, 0.4) is 0 Å². The molecule has 0 saturated heterocycles. The van der Waals surface area contributed by atoms with Crippen LogP contribution in [0.2, 0.25) is 0 Å². The van der Waals surface area contributed by atoms with E-state index in [0.29, 0.717) is 12.4 Å². The van der Waals surface area contributed by atoms with E-state index in [9.17, 15) is 8.42 Å². The van der Waals surface area contributed by atoms with Crippen LogP contribution in [0.5, 0.6) is 0 Å². The van der Waals surface area contributed by atoms with E-state index in [4.69, 9.17) is 16.3 Å². The van der Waals surface area contributed by atoms with Gasteiger partial charge in [-0.05, 0) is 32.1 Å². The van der Waals surface area contributed by atoms with Crippen LogP contribution in [0.15, 0.2) is 0 Å². The molecule has 0 bridgehead atoms. The summed E-state index contributed by atoms with van der Waals surface area (Å²) in [6.45, 7) is 4.48. The number of hydrogen-bond donors (Lipinski definition) is 1. The second-order valence-corrected chi connectivity index (χ2v) is 7.59. The molecule has 0 heterocycles. The molecule has 0 atom stereocenters. The van der Waals surface area contributed by atoms with Crippen molar-refractivity contribution in [1.29, 1.82) is 0 Å². The van der Waals surface area contributed by atoms with Crippen molar-refractivity contribution in [1.82, 2.24) is 4.72 Å². The molecule has 1 fully saturated rings. The summed E-state index contributed by atoms with van der Waals surface area (Å²) >= 11 is 5.98. The maximum atomic E-state index is 11.8. The van der Waals surface area contributed by atoms with E-state index in [-0.39, 0.29) is 23.9 Å². The largest absolute Gasteiger partial charge is 0.378 e. The van der Waals surface area contributed by atoms with Crippen LogP contribution < -0.4 is 4.72 Å². The Balaban J connectivity index is 2.36. The van der Waals surface area contributed by atoms with E-state index in [1.807, 2.05) is 13.8 Å². The van der Waals surface area contributed by atoms with Crippen molar-refractivity contribution in [3.63, 3.8) is 0 Å². The Kier molecular flexibility index (Phi) is 6.38. The highest BCUT2D eigenvalue weighted by Gasteiger charge is 2.33. The summed E-state index contributed by atoms with van der Waals surface area (Å²) < 4.78 is 31.5. The van der Waals surface area contributed by atoms with Crippen LogP contribution in [0, 0.1) is 5.41 Å². The molecule has 1 rings (SSSR count). The number of hydrogen-bond acceptors (Lipinski definition) is 3. The molecule has 0 unspecified atom stereocenters. The molecule has 0 aromatic carbocycles. The van der Waals surface area contributed by atoms with Gasteiger partial charge >= 0.3 is 0 Å². The molecule has 0 amide bonds. The van der Waals surface area contributed by atoms with Crippen LogP contribution in [-0.2, 0) is 14.8 Å². The van der Waals surface area contributed by atoms with E-state index >= 15 is 0 Å². The Hall–Kier alpha value is 0.160. The minimum Gasteiger partial charge on any atom is -0.378 e. The van der Waals surface area contributed by atoms with Crippen molar-refractivity contribution in [3.8, 4) is 0 Å². The zero-order chi connectivity index (χ0) is 13.6. The van der Waals surface area contributed by atoms with Crippen LogP contribution in [-0.4, -0.2) is 39.3 Å². The third kappa shape index (κ3) is 5.43. The van der Waals surface area contributed by atoms with Gasteiger partial charge in [0.15, 0.2) is 0 Å². The van der Waals surface area contributed by atoms with Gasteiger partial charge in [-0.1, -0.05) is 12.8 Å². The van der Waals surface area contributed by atoms with Crippen molar-refractivity contribution in [2.24, 2.45) is 5.41 Å². The summed E-state index contributed by atoms with van der Waals surface area (Å²) in [5, 5.41) is 0. The number of halogens is 1. The molecule has 4 nitrogen and oxygen atoms in total. The van der Waals surface area contributed by atoms with Gasteiger partial charge in [0.05, 0.1) is 18.5 Å². The third-order valence-corrected chi connectivity index (χ3v) is 5.27. The van der Waals surface area contributed by atoms with E-state index in [1.54, 1.807) is 0 Å². The van der Waals surface area contributed by atoms with Crippen LogP contribution in [0.1, 0.15) is 39.5 Å².